The quantitative estimate of drug-likeness (QED) is 0.632. The molecule has 0 saturated carbocycles. The lowest BCUT2D eigenvalue weighted by Crippen LogP contribution is -2.34. The number of carbonyl (C=O) groups is 2. The molecule has 28 heavy (non-hydrogen) atoms. The van der Waals surface area contributed by atoms with Crippen LogP contribution in [0.4, 0.5) is 5.69 Å². The number of hydrogen-bond donors (Lipinski definition) is 3. The Kier molecular flexibility index (Phi) is 6.64. The largest absolute Gasteiger partial charge is 0.493 e. The van der Waals surface area contributed by atoms with Crippen molar-refractivity contribution >= 4 is 46.5 Å². The van der Waals surface area contributed by atoms with Crippen LogP contribution in [0.2, 0.25) is 5.02 Å². The van der Waals surface area contributed by atoms with E-state index in [0.717, 1.165) is 5.56 Å². The van der Waals surface area contributed by atoms with E-state index in [1.54, 1.807) is 12.1 Å². The molecule has 8 heteroatoms. The van der Waals surface area contributed by atoms with Crippen LogP contribution in [0.5, 0.6) is 5.75 Å². The van der Waals surface area contributed by atoms with Crippen LogP contribution < -0.4 is 15.4 Å². The first kappa shape index (κ1) is 21.7. The summed E-state index contributed by atoms with van der Waals surface area (Å²) in [6.45, 7) is 6.26. The van der Waals surface area contributed by atoms with E-state index >= 15 is 0 Å². The number of benzene rings is 2. The van der Waals surface area contributed by atoms with Crippen LogP contribution >= 0.6 is 23.8 Å². The van der Waals surface area contributed by atoms with Crippen molar-refractivity contribution in [1.82, 2.24) is 5.32 Å². The van der Waals surface area contributed by atoms with Gasteiger partial charge in [0, 0.05) is 5.56 Å². The van der Waals surface area contributed by atoms with Gasteiger partial charge in [0.1, 0.15) is 0 Å². The molecule has 2 rings (SSSR count). The molecule has 0 saturated heterocycles. The van der Waals surface area contributed by atoms with Gasteiger partial charge in [-0.25, -0.2) is 4.79 Å². The number of rotatable bonds is 4. The molecule has 2 aromatic carbocycles. The average molecular weight is 421 g/mol. The number of hydrogen-bond acceptors (Lipinski definition) is 4. The van der Waals surface area contributed by atoms with Gasteiger partial charge in [-0.3, -0.25) is 10.1 Å². The van der Waals surface area contributed by atoms with E-state index in [9.17, 15) is 14.7 Å². The third-order valence-electron chi connectivity index (χ3n) is 3.98. The SMILES string of the molecule is COc1c(Cl)cc(C(=O)O)cc1NC(=S)NC(=O)c1ccc(C(C)(C)C)cc1. The zero-order chi connectivity index (χ0) is 21.1. The molecule has 6 nitrogen and oxygen atoms in total. The lowest BCUT2D eigenvalue weighted by molar-refractivity contribution is 0.0696. The number of methoxy groups -OCH3 is 1. The molecule has 0 unspecified atom stereocenters. The highest BCUT2D eigenvalue weighted by molar-refractivity contribution is 7.80. The Morgan fingerprint density at radius 2 is 1.71 bits per heavy atom. The van der Waals surface area contributed by atoms with Gasteiger partial charge >= 0.3 is 5.97 Å². The summed E-state index contributed by atoms with van der Waals surface area (Å²) in [6.07, 6.45) is 0. The molecular formula is C20H21ClN2O4S. The molecule has 3 N–H and O–H groups in total. The van der Waals surface area contributed by atoms with Crippen molar-refractivity contribution in [2.75, 3.05) is 12.4 Å². The van der Waals surface area contributed by atoms with Gasteiger partial charge < -0.3 is 15.2 Å². The van der Waals surface area contributed by atoms with Crippen molar-refractivity contribution in [3.05, 3.63) is 58.1 Å². The standard InChI is InChI=1S/C20H21ClN2O4S/c1-20(2,3)13-7-5-11(6-8-13)17(24)23-19(28)22-15-10-12(18(25)26)9-14(21)16(15)27-4/h5-10H,1-4H3,(H,25,26)(H2,22,23,24,28). The van der Waals surface area contributed by atoms with Crippen molar-refractivity contribution in [3.63, 3.8) is 0 Å². The third kappa shape index (κ3) is 5.21. The highest BCUT2D eigenvalue weighted by atomic mass is 35.5. The van der Waals surface area contributed by atoms with Gasteiger partial charge in [-0.15, -0.1) is 0 Å². The van der Waals surface area contributed by atoms with Gasteiger partial charge in [-0.2, -0.15) is 0 Å². The minimum Gasteiger partial charge on any atom is -0.493 e. The number of ether oxygens (including phenoxy) is 1. The Morgan fingerprint density at radius 1 is 1.11 bits per heavy atom. The number of nitrogens with one attached hydrogen (secondary N) is 2. The van der Waals surface area contributed by atoms with E-state index in [-0.39, 0.29) is 32.6 Å². The van der Waals surface area contributed by atoms with E-state index < -0.39 is 11.9 Å². The summed E-state index contributed by atoms with van der Waals surface area (Å²) in [4.78, 5) is 23.6. The molecule has 0 radical (unpaired) electrons. The fourth-order valence-electron chi connectivity index (χ4n) is 2.47. The molecule has 0 fully saturated rings. The van der Waals surface area contributed by atoms with Crippen LogP contribution in [0, 0.1) is 0 Å². The summed E-state index contributed by atoms with van der Waals surface area (Å²) < 4.78 is 5.19. The first-order valence-corrected chi connectivity index (χ1v) is 9.15. The van der Waals surface area contributed by atoms with Crippen molar-refractivity contribution in [2.45, 2.75) is 26.2 Å². The molecule has 0 atom stereocenters. The number of carbonyl (C=O) groups excluding carboxylic acids is 1. The van der Waals surface area contributed by atoms with E-state index in [1.807, 2.05) is 12.1 Å². The number of halogens is 1. The van der Waals surface area contributed by atoms with E-state index in [4.69, 9.17) is 28.6 Å². The highest BCUT2D eigenvalue weighted by Gasteiger charge is 2.17. The minimum absolute atomic E-state index is 0.0122. The monoisotopic (exact) mass is 420 g/mol. The van der Waals surface area contributed by atoms with Gasteiger partial charge in [-0.1, -0.05) is 44.5 Å². The Balaban J connectivity index is 2.15. The molecule has 0 aliphatic carbocycles. The molecule has 0 aliphatic rings. The lowest BCUT2D eigenvalue weighted by Gasteiger charge is -2.19. The Labute approximate surface area is 173 Å². The van der Waals surface area contributed by atoms with Crippen molar-refractivity contribution in [1.29, 1.82) is 0 Å². The van der Waals surface area contributed by atoms with Crippen LogP contribution in [-0.4, -0.2) is 29.2 Å². The molecule has 0 aromatic heterocycles. The molecule has 2 aromatic rings. The fraction of sp³-hybridized carbons (Fsp3) is 0.250. The van der Waals surface area contributed by atoms with E-state index in [1.165, 1.54) is 19.2 Å². The second-order valence-corrected chi connectivity index (χ2v) is 7.90. The fourth-order valence-corrected chi connectivity index (χ4v) is 2.97. The third-order valence-corrected chi connectivity index (χ3v) is 4.47. The molecule has 0 spiro atoms. The second-order valence-electron chi connectivity index (χ2n) is 7.08. The minimum atomic E-state index is -1.15. The number of aromatic carboxylic acids is 1. The number of anilines is 1. The first-order valence-electron chi connectivity index (χ1n) is 8.36. The topological polar surface area (TPSA) is 87.7 Å². The normalized spacial score (nSPS) is 10.9. The number of amides is 1. The molecule has 1 amide bonds. The van der Waals surface area contributed by atoms with Crippen LogP contribution in [0.15, 0.2) is 36.4 Å². The summed E-state index contributed by atoms with van der Waals surface area (Å²) in [5.41, 5.74) is 1.73. The van der Waals surface area contributed by atoms with Gasteiger partial charge in [-0.05, 0) is 47.5 Å². The molecular weight excluding hydrogens is 400 g/mol. The smallest absolute Gasteiger partial charge is 0.335 e. The molecule has 0 bridgehead atoms. The van der Waals surface area contributed by atoms with E-state index in [0.29, 0.717) is 5.56 Å². The zero-order valence-electron chi connectivity index (χ0n) is 15.9. The van der Waals surface area contributed by atoms with Crippen molar-refractivity contribution in [3.8, 4) is 5.75 Å². The van der Waals surface area contributed by atoms with Gasteiger partial charge in [0.2, 0.25) is 0 Å². The second kappa shape index (κ2) is 8.58. The molecule has 0 heterocycles. The Morgan fingerprint density at radius 3 is 2.21 bits per heavy atom. The maximum absolute atomic E-state index is 12.4. The lowest BCUT2D eigenvalue weighted by atomic mass is 9.87. The van der Waals surface area contributed by atoms with Crippen LogP contribution in [0.3, 0.4) is 0 Å². The first-order chi connectivity index (χ1) is 13.0. The van der Waals surface area contributed by atoms with Gasteiger partial charge in [0.05, 0.1) is 23.4 Å². The molecule has 0 aliphatic heterocycles. The van der Waals surface area contributed by atoms with Crippen LogP contribution in [0.25, 0.3) is 0 Å². The summed E-state index contributed by atoms with van der Waals surface area (Å²) in [5.74, 6) is -1.32. The Hall–Kier alpha value is -2.64. The Bertz CT molecular complexity index is 921. The van der Waals surface area contributed by atoms with Gasteiger partial charge in [0.25, 0.3) is 5.91 Å². The number of carboxylic acid groups (broad SMARTS) is 1. The highest BCUT2D eigenvalue weighted by Crippen LogP contribution is 2.34. The summed E-state index contributed by atoms with van der Waals surface area (Å²) in [5, 5.41) is 14.6. The maximum Gasteiger partial charge on any atom is 0.335 e. The van der Waals surface area contributed by atoms with E-state index in [2.05, 4.69) is 31.4 Å². The average Bonchev–Trinajstić information content (AvgIpc) is 2.60. The van der Waals surface area contributed by atoms with Crippen molar-refractivity contribution in [2.24, 2.45) is 0 Å². The summed E-state index contributed by atoms with van der Waals surface area (Å²) in [6, 6.07) is 9.83. The summed E-state index contributed by atoms with van der Waals surface area (Å²) >= 11 is 11.2. The zero-order valence-corrected chi connectivity index (χ0v) is 17.5. The molecule has 148 valence electrons. The summed E-state index contributed by atoms with van der Waals surface area (Å²) in [7, 11) is 1.39. The predicted octanol–water partition coefficient (Wildman–Crippen LogP) is 4.47. The number of carboxylic acids is 1. The predicted molar refractivity (Wildman–Crippen MR) is 114 cm³/mol. The van der Waals surface area contributed by atoms with Crippen LogP contribution in [-0.2, 0) is 5.41 Å². The number of thiocarbonyl (C=S) groups is 1. The maximum atomic E-state index is 12.4. The van der Waals surface area contributed by atoms with Crippen LogP contribution in [0.1, 0.15) is 47.1 Å². The van der Waals surface area contributed by atoms with Gasteiger partial charge in [0.15, 0.2) is 10.9 Å². The van der Waals surface area contributed by atoms with Crippen molar-refractivity contribution < 1.29 is 19.4 Å².